The van der Waals surface area contributed by atoms with E-state index in [2.05, 4.69) is 20.5 Å². The van der Waals surface area contributed by atoms with Gasteiger partial charge < -0.3 is 10.0 Å². The van der Waals surface area contributed by atoms with Crippen LogP contribution in [0.4, 0.5) is 0 Å². The zero-order chi connectivity index (χ0) is 16.2. The molecule has 1 fully saturated rings. The van der Waals surface area contributed by atoms with Crippen molar-refractivity contribution in [1.82, 2.24) is 30.1 Å². The van der Waals surface area contributed by atoms with Crippen molar-refractivity contribution in [2.24, 2.45) is 5.92 Å². The summed E-state index contributed by atoms with van der Waals surface area (Å²) in [5.74, 6) is 0.735. The second-order valence-electron chi connectivity index (χ2n) is 5.85. The summed E-state index contributed by atoms with van der Waals surface area (Å²) >= 11 is 0. The van der Waals surface area contributed by atoms with Gasteiger partial charge in [-0.15, -0.1) is 5.10 Å². The average molecular weight is 316 g/mol. The van der Waals surface area contributed by atoms with Crippen molar-refractivity contribution in [3.63, 3.8) is 0 Å². The molecule has 0 bridgehead atoms. The normalized spacial score (nSPS) is 20.9. The predicted molar refractivity (Wildman–Crippen MR) is 81.2 cm³/mol. The number of rotatable bonds is 5. The molecule has 0 saturated carbocycles. The van der Waals surface area contributed by atoms with E-state index in [0.29, 0.717) is 38.3 Å². The van der Waals surface area contributed by atoms with E-state index in [0.717, 1.165) is 5.69 Å². The van der Waals surface area contributed by atoms with Crippen LogP contribution in [0.1, 0.15) is 17.9 Å². The molecule has 3 heterocycles. The highest BCUT2D eigenvalue weighted by Gasteiger charge is 2.33. The van der Waals surface area contributed by atoms with E-state index in [1.807, 2.05) is 18.2 Å². The van der Waals surface area contributed by atoms with E-state index in [4.69, 9.17) is 0 Å². The Morgan fingerprint density at radius 2 is 2.26 bits per heavy atom. The van der Waals surface area contributed by atoms with Crippen LogP contribution in [0.3, 0.4) is 0 Å². The number of carbonyl (C=O) groups is 1. The molecule has 1 amide bonds. The third-order valence-corrected chi connectivity index (χ3v) is 4.21. The Hall–Kier alpha value is -2.35. The van der Waals surface area contributed by atoms with Crippen LogP contribution in [-0.4, -0.2) is 60.3 Å². The Balaban J connectivity index is 1.53. The van der Waals surface area contributed by atoms with Gasteiger partial charge in [0.05, 0.1) is 12.6 Å². The summed E-state index contributed by atoms with van der Waals surface area (Å²) in [7, 11) is 0. The average Bonchev–Trinajstić information content (AvgIpc) is 3.12. The largest absolute Gasteiger partial charge is 0.391 e. The number of likely N-dealkylation sites (tertiary alicyclic amines) is 1. The fraction of sp³-hybridized carbons (Fsp3) is 0.533. The number of nitrogens with zero attached hydrogens (tertiary/aromatic N) is 6. The quantitative estimate of drug-likeness (QED) is 0.822. The van der Waals surface area contributed by atoms with Gasteiger partial charge in [-0.1, -0.05) is 6.07 Å². The third kappa shape index (κ3) is 3.70. The van der Waals surface area contributed by atoms with Crippen LogP contribution < -0.4 is 0 Å². The van der Waals surface area contributed by atoms with Crippen molar-refractivity contribution in [2.45, 2.75) is 32.4 Å². The van der Waals surface area contributed by atoms with Gasteiger partial charge in [-0.3, -0.25) is 9.78 Å². The lowest BCUT2D eigenvalue weighted by atomic mass is 10.00. The number of aryl methyl sites for hydroxylation is 2. The molecule has 1 N–H and O–H groups in total. The third-order valence-electron chi connectivity index (χ3n) is 4.21. The first-order valence-electron chi connectivity index (χ1n) is 7.72. The summed E-state index contributed by atoms with van der Waals surface area (Å²) < 4.78 is 1.61. The molecule has 1 aliphatic heterocycles. The molecule has 2 atom stereocenters. The minimum atomic E-state index is -0.504. The Morgan fingerprint density at radius 1 is 1.39 bits per heavy atom. The molecule has 0 aliphatic carbocycles. The Kier molecular flexibility index (Phi) is 4.61. The molecule has 2 aromatic rings. The summed E-state index contributed by atoms with van der Waals surface area (Å²) in [6.07, 6.45) is 2.25. The minimum Gasteiger partial charge on any atom is -0.391 e. The highest BCUT2D eigenvalue weighted by molar-refractivity contribution is 5.76. The summed E-state index contributed by atoms with van der Waals surface area (Å²) in [6.45, 7) is 3.19. The molecule has 1 aliphatic rings. The molecule has 8 heteroatoms. The Bertz CT molecular complexity index is 659. The molecular formula is C15H20N6O2. The molecule has 122 valence electrons. The van der Waals surface area contributed by atoms with Crippen LogP contribution in [0.5, 0.6) is 0 Å². The molecule has 2 aromatic heterocycles. The summed E-state index contributed by atoms with van der Waals surface area (Å²) in [4.78, 5) is 18.3. The lowest BCUT2D eigenvalue weighted by Gasteiger charge is -2.16. The number of carbonyl (C=O) groups excluding carboxylic acids is 1. The molecule has 8 nitrogen and oxygen atoms in total. The fourth-order valence-electron chi connectivity index (χ4n) is 2.86. The highest BCUT2D eigenvalue weighted by Crippen LogP contribution is 2.21. The van der Waals surface area contributed by atoms with Crippen molar-refractivity contribution in [2.75, 3.05) is 13.1 Å². The van der Waals surface area contributed by atoms with Gasteiger partial charge in [-0.25, -0.2) is 4.68 Å². The fourth-order valence-corrected chi connectivity index (χ4v) is 2.86. The molecule has 1 saturated heterocycles. The molecule has 23 heavy (non-hydrogen) atoms. The van der Waals surface area contributed by atoms with Gasteiger partial charge in [0.1, 0.15) is 5.82 Å². The van der Waals surface area contributed by atoms with Crippen LogP contribution in [0.25, 0.3) is 0 Å². The van der Waals surface area contributed by atoms with Crippen LogP contribution in [-0.2, 0) is 17.8 Å². The van der Waals surface area contributed by atoms with E-state index in [9.17, 15) is 9.90 Å². The van der Waals surface area contributed by atoms with Crippen LogP contribution in [0.2, 0.25) is 0 Å². The maximum atomic E-state index is 12.3. The second kappa shape index (κ2) is 6.82. The zero-order valence-electron chi connectivity index (χ0n) is 13.0. The summed E-state index contributed by atoms with van der Waals surface area (Å²) in [5.41, 5.74) is 0.940. The van der Waals surface area contributed by atoms with Crippen molar-refractivity contribution in [1.29, 1.82) is 0 Å². The Labute approximate surface area is 134 Å². The number of pyridine rings is 1. The minimum absolute atomic E-state index is 0.0162. The summed E-state index contributed by atoms with van der Waals surface area (Å²) in [5, 5.41) is 21.4. The van der Waals surface area contributed by atoms with Gasteiger partial charge in [0.15, 0.2) is 0 Å². The molecule has 3 rings (SSSR count). The standard InChI is InChI=1S/C15H20N6O2/c1-11-17-18-19-21(11)7-5-15(23)20-9-12(14(22)10-20)8-13-4-2-3-6-16-13/h2-4,6,12,14,22H,5,7-10H2,1H3/t12-,14-/m1/s1. The van der Waals surface area contributed by atoms with E-state index in [-0.39, 0.29) is 11.8 Å². The Morgan fingerprint density at radius 3 is 2.96 bits per heavy atom. The van der Waals surface area contributed by atoms with Gasteiger partial charge in [0, 0.05) is 37.3 Å². The first-order chi connectivity index (χ1) is 11.1. The van der Waals surface area contributed by atoms with Gasteiger partial charge in [0.25, 0.3) is 0 Å². The molecule has 0 unspecified atom stereocenters. The predicted octanol–water partition coefficient (Wildman–Crippen LogP) is -0.171. The lowest BCUT2D eigenvalue weighted by molar-refractivity contribution is -0.130. The number of β-amino-alcohol motifs (C(OH)–C–C–N with tert-alkyl or cyclic N) is 1. The molecule has 0 radical (unpaired) electrons. The van der Waals surface area contributed by atoms with E-state index >= 15 is 0 Å². The molecule has 0 spiro atoms. The smallest absolute Gasteiger partial charge is 0.224 e. The van der Waals surface area contributed by atoms with E-state index in [1.165, 1.54) is 0 Å². The van der Waals surface area contributed by atoms with E-state index in [1.54, 1.807) is 22.7 Å². The van der Waals surface area contributed by atoms with Crippen LogP contribution in [0, 0.1) is 12.8 Å². The SMILES string of the molecule is Cc1nnnn1CCC(=O)N1C[C@@H](Cc2ccccn2)[C@H](O)C1. The monoisotopic (exact) mass is 316 g/mol. The molecule has 0 aromatic carbocycles. The van der Waals surface area contributed by atoms with Crippen LogP contribution in [0.15, 0.2) is 24.4 Å². The molecular weight excluding hydrogens is 296 g/mol. The van der Waals surface area contributed by atoms with Crippen molar-refractivity contribution < 1.29 is 9.90 Å². The van der Waals surface area contributed by atoms with Crippen molar-refractivity contribution >= 4 is 5.91 Å². The maximum Gasteiger partial charge on any atom is 0.224 e. The lowest BCUT2D eigenvalue weighted by Crippen LogP contribution is -2.30. The number of hydrogen-bond donors (Lipinski definition) is 1. The van der Waals surface area contributed by atoms with Gasteiger partial charge in [-0.2, -0.15) is 0 Å². The number of aliphatic hydroxyl groups is 1. The van der Waals surface area contributed by atoms with Gasteiger partial charge in [-0.05, 0) is 35.9 Å². The first kappa shape index (κ1) is 15.5. The highest BCUT2D eigenvalue weighted by atomic mass is 16.3. The number of hydrogen-bond acceptors (Lipinski definition) is 6. The second-order valence-corrected chi connectivity index (χ2v) is 5.85. The number of tetrazole rings is 1. The topological polar surface area (TPSA) is 97.0 Å². The number of aliphatic hydroxyl groups excluding tert-OH is 1. The maximum absolute atomic E-state index is 12.3. The number of amides is 1. The van der Waals surface area contributed by atoms with Crippen LogP contribution >= 0.6 is 0 Å². The van der Waals surface area contributed by atoms with Gasteiger partial charge >= 0.3 is 0 Å². The van der Waals surface area contributed by atoms with E-state index < -0.39 is 6.10 Å². The van der Waals surface area contributed by atoms with Crippen molar-refractivity contribution in [3.05, 3.63) is 35.9 Å². The summed E-state index contributed by atoms with van der Waals surface area (Å²) in [6, 6.07) is 5.74. The zero-order valence-corrected chi connectivity index (χ0v) is 13.0. The number of aromatic nitrogens is 5. The van der Waals surface area contributed by atoms with Gasteiger partial charge in [0.2, 0.25) is 5.91 Å². The van der Waals surface area contributed by atoms with Crippen molar-refractivity contribution in [3.8, 4) is 0 Å². The first-order valence-corrected chi connectivity index (χ1v) is 7.72.